The van der Waals surface area contributed by atoms with Crippen molar-refractivity contribution < 1.29 is 33.3 Å². The molecule has 3 rings (SSSR count). The number of hydrogen-bond acceptors (Lipinski definition) is 7. The zero-order valence-corrected chi connectivity index (χ0v) is 21.7. The summed E-state index contributed by atoms with van der Waals surface area (Å²) >= 11 is 0. The Kier molecular flexibility index (Phi) is 13.0. The van der Waals surface area contributed by atoms with Crippen molar-refractivity contribution in [2.45, 2.75) is 19.1 Å². The van der Waals surface area contributed by atoms with E-state index in [-0.39, 0.29) is 32.0 Å². The van der Waals surface area contributed by atoms with Crippen LogP contribution in [-0.2, 0) is 41.6 Å². The van der Waals surface area contributed by atoms with Crippen LogP contribution in [0.15, 0.2) is 84.9 Å². The van der Waals surface area contributed by atoms with Crippen LogP contribution >= 0.6 is 0 Å². The van der Waals surface area contributed by atoms with Gasteiger partial charge >= 0.3 is 0 Å². The highest BCUT2D eigenvalue weighted by Gasteiger charge is 2.21. The van der Waals surface area contributed by atoms with Gasteiger partial charge in [-0.2, -0.15) is 0 Å². The Morgan fingerprint density at radius 2 is 1.34 bits per heavy atom. The third kappa shape index (κ3) is 11.2. The number of ketones is 1. The molecule has 0 radical (unpaired) electrons. The first-order chi connectivity index (χ1) is 18.6. The summed E-state index contributed by atoms with van der Waals surface area (Å²) in [6, 6.07) is 25.6. The fourth-order valence-electron chi connectivity index (χ4n) is 3.47. The minimum absolute atomic E-state index is 0.0504. The monoisotopic (exact) mass is 521 g/mol. The van der Waals surface area contributed by atoms with Gasteiger partial charge in [0.1, 0.15) is 24.1 Å². The molecule has 202 valence electrons. The summed E-state index contributed by atoms with van der Waals surface area (Å²) in [5, 5.41) is 2.75. The van der Waals surface area contributed by atoms with Gasteiger partial charge in [-0.05, 0) is 35.4 Å². The Hall–Kier alpha value is -3.56. The predicted octanol–water partition coefficient (Wildman–Crippen LogP) is 3.97. The third-order valence-corrected chi connectivity index (χ3v) is 5.44. The zero-order valence-electron chi connectivity index (χ0n) is 21.7. The lowest BCUT2D eigenvalue weighted by Crippen LogP contribution is -2.46. The van der Waals surface area contributed by atoms with Crippen LogP contribution in [0.25, 0.3) is 0 Å². The highest BCUT2D eigenvalue weighted by molar-refractivity contribution is 5.90. The summed E-state index contributed by atoms with van der Waals surface area (Å²) in [5.74, 6) is 0.853. The fraction of sp³-hybridized carbons (Fsp3) is 0.333. The first kappa shape index (κ1) is 29.0. The minimum atomic E-state index is -0.812. The number of hydrogen-bond donors (Lipinski definition) is 1. The Bertz CT molecular complexity index is 1070. The van der Waals surface area contributed by atoms with Gasteiger partial charge in [0.05, 0.1) is 39.6 Å². The van der Waals surface area contributed by atoms with E-state index < -0.39 is 11.9 Å². The van der Waals surface area contributed by atoms with E-state index >= 15 is 0 Å². The average molecular weight is 522 g/mol. The molecular formula is C30H35NO7. The molecular weight excluding hydrogens is 486 g/mol. The topological polar surface area (TPSA) is 92.3 Å². The molecule has 0 aliphatic heterocycles. The second kappa shape index (κ2) is 17.0. The molecule has 1 unspecified atom stereocenters. The standard InChI is InChI=1S/C30H35NO7/c1-34-16-17-35-18-19-36-23-30(33)31-28(22-37-21-25-8-4-2-5-9-25)29(32)20-24-12-14-27(15-13-24)38-26-10-6-3-7-11-26/h2-15,28H,16-23H2,1H3,(H,31,33). The maximum atomic E-state index is 13.1. The van der Waals surface area contributed by atoms with E-state index in [1.165, 1.54) is 0 Å². The fourth-order valence-corrected chi connectivity index (χ4v) is 3.47. The Morgan fingerprint density at radius 1 is 0.711 bits per heavy atom. The highest BCUT2D eigenvalue weighted by Crippen LogP contribution is 2.21. The lowest BCUT2D eigenvalue weighted by atomic mass is 10.0. The highest BCUT2D eigenvalue weighted by atomic mass is 16.5. The molecule has 0 aliphatic rings. The number of carbonyl (C=O) groups is 2. The lowest BCUT2D eigenvalue weighted by molar-refractivity contribution is -0.132. The van der Waals surface area contributed by atoms with E-state index in [0.29, 0.717) is 32.2 Å². The average Bonchev–Trinajstić information content (AvgIpc) is 2.94. The van der Waals surface area contributed by atoms with Crippen LogP contribution in [0.5, 0.6) is 11.5 Å². The molecule has 0 saturated heterocycles. The molecule has 1 amide bonds. The van der Waals surface area contributed by atoms with Crippen LogP contribution in [0.1, 0.15) is 11.1 Å². The van der Waals surface area contributed by atoms with Crippen molar-refractivity contribution in [2.75, 3.05) is 46.8 Å². The quantitative estimate of drug-likeness (QED) is 0.253. The molecule has 0 fully saturated rings. The first-order valence-electron chi connectivity index (χ1n) is 12.5. The minimum Gasteiger partial charge on any atom is -0.457 e. The maximum absolute atomic E-state index is 13.1. The number of rotatable bonds is 18. The number of ether oxygens (including phenoxy) is 5. The van der Waals surface area contributed by atoms with Crippen molar-refractivity contribution in [1.82, 2.24) is 5.32 Å². The number of nitrogens with one attached hydrogen (secondary N) is 1. The largest absolute Gasteiger partial charge is 0.457 e. The second-order valence-electron chi connectivity index (χ2n) is 8.48. The molecule has 0 spiro atoms. The first-order valence-corrected chi connectivity index (χ1v) is 12.5. The lowest BCUT2D eigenvalue weighted by Gasteiger charge is -2.18. The molecule has 0 heterocycles. The van der Waals surface area contributed by atoms with E-state index in [4.69, 9.17) is 23.7 Å². The molecule has 0 aromatic heterocycles. The zero-order chi connectivity index (χ0) is 26.8. The van der Waals surface area contributed by atoms with Gasteiger partial charge in [-0.1, -0.05) is 60.7 Å². The molecule has 8 nitrogen and oxygen atoms in total. The molecule has 1 atom stereocenters. The van der Waals surface area contributed by atoms with E-state index in [1.807, 2.05) is 84.9 Å². The number of amides is 1. The number of Topliss-reactive ketones (excluding diaryl/α,β-unsaturated/α-hetero) is 1. The van der Waals surface area contributed by atoms with Gasteiger partial charge in [-0.15, -0.1) is 0 Å². The summed E-state index contributed by atoms with van der Waals surface area (Å²) in [6.07, 6.45) is 0.138. The van der Waals surface area contributed by atoms with Gasteiger partial charge in [-0.3, -0.25) is 9.59 Å². The number of carbonyl (C=O) groups excluding carboxylic acids is 2. The number of para-hydroxylation sites is 1. The third-order valence-electron chi connectivity index (χ3n) is 5.44. The Balaban J connectivity index is 1.51. The Labute approximate surface area is 223 Å². The smallest absolute Gasteiger partial charge is 0.246 e. The predicted molar refractivity (Wildman–Crippen MR) is 143 cm³/mol. The van der Waals surface area contributed by atoms with E-state index in [2.05, 4.69) is 5.32 Å². The summed E-state index contributed by atoms with van der Waals surface area (Å²) in [7, 11) is 1.60. The summed E-state index contributed by atoms with van der Waals surface area (Å²) in [5.41, 5.74) is 1.79. The normalized spacial score (nSPS) is 11.6. The SMILES string of the molecule is COCCOCCOCC(=O)NC(COCc1ccccc1)C(=O)Cc1ccc(Oc2ccccc2)cc1. The second-order valence-corrected chi connectivity index (χ2v) is 8.48. The van der Waals surface area contributed by atoms with Crippen molar-refractivity contribution >= 4 is 11.7 Å². The van der Waals surface area contributed by atoms with Crippen molar-refractivity contribution in [2.24, 2.45) is 0 Å². The molecule has 3 aromatic carbocycles. The van der Waals surface area contributed by atoms with E-state index in [9.17, 15) is 9.59 Å². The van der Waals surface area contributed by atoms with Crippen molar-refractivity contribution in [3.05, 3.63) is 96.1 Å². The molecule has 3 aromatic rings. The molecule has 8 heteroatoms. The molecule has 1 N–H and O–H groups in total. The molecule has 38 heavy (non-hydrogen) atoms. The van der Waals surface area contributed by atoms with E-state index in [0.717, 1.165) is 16.9 Å². The van der Waals surface area contributed by atoms with Crippen molar-refractivity contribution in [1.29, 1.82) is 0 Å². The van der Waals surface area contributed by atoms with E-state index in [1.54, 1.807) is 7.11 Å². The van der Waals surface area contributed by atoms with Crippen LogP contribution in [0.3, 0.4) is 0 Å². The Morgan fingerprint density at radius 3 is 2.05 bits per heavy atom. The van der Waals surface area contributed by atoms with Gasteiger partial charge in [0.15, 0.2) is 5.78 Å². The van der Waals surface area contributed by atoms with Crippen LogP contribution in [0.2, 0.25) is 0 Å². The van der Waals surface area contributed by atoms with Crippen LogP contribution < -0.4 is 10.1 Å². The van der Waals surface area contributed by atoms with Crippen LogP contribution in [-0.4, -0.2) is 64.5 Å². The van der Waals surface area contributed by atoms with Crippen LogP contribution in [0.4, 0.5) is 0 Å². The molecule has 0 bridgehead atoms. The van der Waals surface area contributed by atoms with Gasteiger partial charge in [0.2, 0.25) is 5.91 Å². The van der Waals surface area contributed by atoms with Gasteiger partial charge < -0.3 is 29.0 Å². The number of benzene rings is 3. The van der Waals surface area contributed by atoms with Crippen LogP contribution in [0, 0.1) is 0 Å². The molecule has 0 saturated carbocycles. The van der Waals surface area contributed by atoms with Gasteiger partial charge in [0, 0.05) is 13.5 Å². The number of methoxy groups -OCH3 is 1. The van der Waals surface area contributed by atoms with Gasteiger partial charge in [-0.25, -0.2) is 0 Å². The summed E-state index contributed by atoms with van der Waals surface area (Å²) in [4.78, 5) is 25.6. The molecule has 0 aliphatic carbocycles. The van der Waals surface area contributed by atoms with Gasteiger partial charge in [0.25, 0.3) is 0 Å². The maximum Gasteiger partial charge on any atom is 0.246 e. The van der Waals surface area contributed by atoms with Crippen molar-refractivity contribution in [3.63, 3.8) is 0 Å². The summed E-state index contributed by atoms with van der Waals surface area (Å²) in [6.45, 7) is 1.77. The van der Waals surface area contributed by atoms with Crippen molar-refractivity contribution in [3.8, 4) is 11.5 Å². The summed E-state index contributed by atoms with van der Waals surface area (Å²) < 4.78 is 27.2.